The van der Waals surface area contributed by atoms with Crippen LogP contribution in [0, 0.1) is 0 Å². The average molecular weight is 134 g/mol. The van der Waals surface area contributed by atoms with Crippen LogP contribution in [-0.2, 0) is 4.74 Å². The van der Waals surface area contributed by atoms with Crippen LogP contribution in [0.15, 0.2) is 0 Å². The maximum Gasteiger partial charge on any atom is 0.0774 e. The van der Waals surface area contributed by atoms with Gasteiger partial charge in [-0.2, -0.15) is 0 Å². The van der Waals surface area contributed by atoms with Gasteiger partial charge in [-0.25, -0.2) is 0 Å². The van der Waals surface area contributed by atoms with Crippen molar-refractivity contribution in [2.24, 2.45) is 0 Å². The van der Waals surface area contributed by atoms with Crippen LogP contribution in [0.1, 0.15) is 12.8 Å². The van der Waals surface area contributed by atoms with Crippen molar-refractivity contribution in [3.63, 3.8) is 0 Å². The summed E-state index contributed by atoms with van der Waals surface area (Å²) in [6.45, 7) is 0.501. The Hall–Kier alpha value is -0.120. The van der Waals surface area contributed by atoms with Gasteiger partial charge in [0.2, 0.25) is 0 Å². The standard InChI is InChI=1S/C6H14O3/c1-9-5-6(8)3-2-4-7/h6-8H,2-5H2,1H3/t6-/m0/s1. The van der Waals surface area contributed by atoms with Crippen LogP contribution < -0.4 is 0 Å². The normalized spacial score (nSPS) is 13.7. The molecule has 0 aliphatic heterocycles. The Labute approximate surface area is 55.3 Å². The highest BCUT2D eigenvalue weighted by Gasteiger charge is 2.00. The van der Waals surface area contributed by atoms with Crippen LogP contribution in [0.3, 0.4) is 0 Å². The number of aliphatic hydroxyl groups is 2. The summed E-state index contributed by atoms with van der Waals surface area (Å²) in [6.07, 6.45) is 0.844. The first kappa shape index (κ1) is 8.88. The number of rotatable bonds is 5. The lowest BCUT2D eigenvalue weighted by Crippen LogP contribution is -2.13. The van der Waals surface area contributed by atoms with Gasteiger partial charge in [-0.05, 0) is 12.8 Å². The molecule has 0 heterocycles. The van der Waals surface area contributed by atoms with Crippen molar-refractivity contribution in [3.8, 4) is 0 Å². The summed E-state index contributed by atoms with van der Waals surface area (Å²) in [4.78, 5) is 0. The molecule has 0 saturated heterocycles. The zero-order valence-electron chi connectivity index (χ0n) is 5.71. The van der Waals surface area contributed by atoms with Gasteiger partial charge < -0.3 is 14.9 Å². The summed E-state index contributed by atoms with van der Waals surface area (Å²) in [7, 11) is 1.54. The van der Waals surface area contributed by atoms with Gasteiger partial charge in [0.25, 0.3) is 0 Å². The molecular weight excluding hydrogens is 120 g/mol. The molecule has 0 aliphatic carbocycles. The highest BCUT2D eigenvalue weighted by atomic mass is 16.5. The molecule has 0 radical (unpaired) electrons. The molecule has 0 bridgehead atoms. The van der Waals surface area contributed by atoms with E-state index >= 15 is 0 Å². The number of hydrogen-bond acceptors (Lipinski definition) is 3. The molecule has 1 atom stereocenters. The first-order valence-corrected chi connectivity index (χ1v) is 3.09. The van der Waals surface area contributed by atoms with Gasteiger partial charge in [-0.3, -0.25) is 0 Å². The Bertz CT molecular complexity index is 56.3. The van der Waals surface area contributed by atoms with E-state index in [2.05, 4.69) is 4.74 Å². The van der Waals surface area contributed by atoms with Crippen molar-refractivity contribution < 1.29 is 14.9 Å². The van der Waals surface area contributed by atoms with Gasteiger partial charge in [0.05, 0.1) is 12.7 Å². The third kappa shape index (κ3) is 5.76. The monoisotopic (exact) mass is 134 g/mol. The zero-order chi connectivity index (χ0) is 7.11. The van der Waals surface area contributed by atoms with Crippen LogP contribution in [-0.4, -0.2) is 36.6 Å². The van der Waals surface area contributed by atoms with E-state index in [9.17, 15) is 0 Å². The highest BCUT2D eigenvalue weighted by molar-refractivity contribution is 4.51. The van der Waals surface area contributed by atoms with E-state index in [1.165, 1.54) is 0 Å². The fraction of sp³-hybridized carbons (Fsp3) is 1.00. The van der Waals surface area contributed by atoms with Crippen molar-refractivity contribution in [2.75, 3.05) is 20.3 Å². The molecule has 9 heavy (non-hydrogen) atoms. The SMILES string of the molecule is COC[C@@H](O)CCCO. The summed E-state index contributed by atoms with van der Waals surface area (Å²) in [6, 6.07) is 0. The van der Waals surface area contributed by atoms with E-state index in [0.29, 0.717) is 19.4 Å². The molecule has 0 aromatic rings. The molecule has 0 aromatic heterocycles. The second-order valence-corrected chi connectivity index (χ2v) is 1.98. The van der Waals surface area contributed by atoms with E-state index in [1.807, 2.05) is 0 Å². The fourth-order valence-electron chi connectivity index (χ4n) is 0.603. The number of ether oxygens (including phenoxy) is 1. The molecule has 0 unspecified atom stereocenters. The average Bonchev–Trinajstić information content (AvgIpc) is 1.85. The first-order valence-electron chi connectivity index (χ1n) is 3.09. The Morgan fingerprint density at radius 3 is 2.67 bits per heavy atom. The van der Waals surface area contributed by atoms with Crippen LogP contribution in [0.4, 0.5) is 0 Å². The molecule has 0 aromatic carbocycles. The minimum atomic E-state index is -0.415. The smallest absolute Gasteiger partial charge is 0.0774 e. The quantitative estimate of drug-likeness (QED) is 0.546. The molecule has 3 nitrogen and oxygen atoms in total. The van der Waals surface area contributed by atoms with Crippen LogP contribution in [0.2, 0.25) is 0 Å². The molecule has 0 saturated carbocycles. The maximum atomic E-state index is 8.94. The Morgan fingerprint density at radius 1 is 1.56 bits per heavy atom. The van der Waals surface area contributed by atoms with Crippen LogP contribution in [0.25, 0.3) is 0 Å². The second kappa shape index (κ2) is 6.01. The highest BCUT2D eigenvalue weighted by Crippen LogP contribution is 1.95. The van der Waals surface area contributed by atoms with Gasteiger partial charge in [-0.1, -0.05) is 0 Å². The fourth-order valence-corrected chi connectivity index (χ4v) is 0.603. The maximum absolute atomic E-state index is 8.94. The molecule has 0 aliphatic rings. The largest absolute Gasteiger partial charge is 0.396 e. The van der Waals surface area contributed by atoms with Crippen molar-refractivity contribution in [3.05, 3.63) is 0 Å². The molecular formula is C6H14O3. The Kier molecular flexibility index (Phi) is 5.93. The van der Waals surface area contributed by atoms with Crippen molar-refractivity contribution in [1.29, 1.82) is 0 Å². The summed E-state index contributed by atoms with van der Waals surface area (Å²) in [5.41, 5.74) is 0. The molecule has 0 fully saturated rings. The molecule has 0 spiro atoms. The molecule has 0 amide bonds. The van der Waals surface area contributed by atoms with E-state index in [0.717, 1.165) is 0 Å². The summed E-state index contributed by atoms with van der Waals surface area (Å²) >= 11 is 0. The van der Waals surface area contributed by atoms with E-state index in [-0.39, 0.29) is 6.61 Å². The number of hydrogen-bond donors (Lipinski definition) is 2. The van der Waals surface area contributed by atoms with E-state index in [4.69, 9.17) is 10.2 Å². The molecule has 0 rings (SSSR count). The third-order valence-corrected chi connectivity index (χ3v) is 1.05. The third-order valence-electron chi connectivity index (χ3n) is 1.05. The Morgan fingerprint density at radius 2 is 2.22 bits per heavy atom. The van der Waals surface area contributed by atoms with E-state index in [1.54, 1.807) is 7.11 Å². The van der Waals surface area contributed by atoms with Gasteiger partial charge in [0.15, 0.2) is 0 Å². The summed E-state index contributed by atoms with van der Waals surface area (Å²) in [5.74, 6) is 0. The van der Waals surface area contributed by atoms with Gasteiger partial charge in [0, 0.05) is 13.7 Å². The minimum Gasteiger partial charge on any atom is -0.396 e. The lowest BCUT2D eigenvalue weighted by Gasteiger charge is -2.06. The molecule has 56 valence electrons. The van der Waals surface area contributed by atoms with Crippen LogP contribution in [0.5, 0.6) is 0 Å². The lowest BCUT2D eigenvalue weighted by atomic mass is 10.2. The van der Waals surface area contributed by atoms with Crippen LogP contribution >= 0.6 is 0 Å². The Balaban J connectivity index is 2.95. The summed E-state index contributed by atoms with van der Waals surface area (Å²) < 4.78 is 4.67. The van der Waals surface area contributed by atoms with Crippen molar-refractivity contribution in [2.45, 2.75) is 18.9 Å². The predicted octanol–water partition coefficient (Wildman–Crippen LogP) is -0.234. The summed E-state index contributed by atoms with van der Waals surface area (Å²) in [5, 5.41) is 17.3. The first-order chi connectivity index (χ1) is 4.31. The number of aliphatic hydroxyl groups excluding tert-OH is 2. The molecule has 2 N–H and O–H groups in total. The minimum absolute atomic E-state index is 0.140. The molecule has 3 heteroatoms. The van der Waals surface area contributed by atoms with Gasteiger partial charge >= 0.3 is 0 Å². The lowest BCUT2D eigenvalue weighted by molar-refractivity contribution is 0.0547. The van der Waals surface area contributed by atoms with Crippen molar-refractivity contribution >= 4 is 0 Å². The van der Waals surface area contributed by atoms with E-state index < -0.39 is 6.10 Å². The number of methoxy groups -OCH3 is 1. The zero-order valence-corrected chi connectivity index (χ0v) is 5.71. The predicted molar refractivity (Wildman–Crippen MR) is 34.2 cm³/mol. The van der Waals surface area contributed by atoms with Gasteiger partial charge in [-0.15, -0.1) is 0 Å². The topological polar surface area (TPSA) is 49.7 Å². The van der Waals surface area contributed by atoms with Crippen molar-refractivity contribution in [1.82, 2.24) is 0 Å². The van der Waals surface area contributed by atoms with Gasteiger partial charge in [0.1, 0.15) is 0 Å². The second-order valence-electron chi connectivity index (χ2n) is 1.98.